The molecule has 2 aromatic heterocycles. The molecule has 0 aliphatic carbocycles. The summed E-state index contributed by atoms with van der Waals surface area (Å²) in [6.45, 7) is 8.70. The fourth-order valence-electron chi connectivity index (χ4n) is 2.76. The van der Waals surface area contributed by atoms with Crippen LogP contribution in [0.25, 0.3) is 0 Å². The van der Waals surface area contributed by atoms with Gasteiger partial charge in [-0.15, -0.1) is 21.5 Å². The molecule has 0 spiro atoms. The van der Waals surface area contributed by atoms with E-state index in [1.165, 1.54) is 28.7 Å². The molecule has 3 rings (SSSR count). The van der Waals surface area contributed by atoms with Crippen LogP contribution in [-0.4, -0.2) is 31.4 Å². The van der Waals surface area contributed by atoms with Gasteiger partial charge in [-0.3, -0.25) is 4.79 Å². The van der Waals surface area contributed by atoms with Crippen LogP contribution in [0.2, 0.25) is 0 Å². The lowest BCUT2D eigenvalue weighted by Crippen LogP contribution is -2.15. The number of nitrogens with one attached hydrogen (secondary N) is 1. The maximum absolute atomic E-state index is 12.2. The summed E-state index contributed by atoms with van der Waals surface area (Å²) in [5, 5.41) is 14.6. The summed E-state index contributed by atoms with van der Waals surface area (Å²) in [5.41, 5.74) is 2.17. The SMILES string of the molecule is CCc1ccc(OC(C)c2nnc(SCC(=O)Nc3nc(C)cs3)n2CC)cc1. The minimum atomic E-state index is -0.253. The van der Waals surface area contributed by atoms with Crippen molar-refractivity contribution in [2.24, 2.45) is 0 Å². The zero-order valence-electron chi connectivity index (χ0n) is 17.0. The number of ether oxygens (including phenoxy) is 1. The van der Waals surface area contributed by atoms with Crippen LogP contribution in [0.15, 0.2) is 34.8 Å². The van der Waals surface area contributed by atoms with Gasteiger partial charge in [0.2, 0.25) is 5.91 Å². The smallest absolute Gasteiger partial charge is 0.236 e. The van der Waals surface area contributed by atoms with Crippen molar-refractivity contribution in [3.8, 4) is 5.75 Å². The number of thiazole rings is 1. The molecule has 0 aliphatic rings. The van der Waals surface area contributed by atoms with Crippen LogP contribution in [0, 0.1) is 6.92 Å². The summed E-state index contributed by atoms with van der Waals surface area (Å²) in [7, 11) is 0. The molecule has 29 heavy (non-hydrogen) atoms. The molecule has 1 amide bonds. The maximum atomic E-state index is 12.2. The lowest BCUT2D eigenvalue weighted by molar-refractivity contribution is -0.113. The van der Waals surface area contributed by atoms with Crippen molar-refractivity contribution in [3.05, 3.63) is 46.7 Å². The van der Waals surface area contributed by atoms with Gasteiger partial charge in [0.25, 0.3) is 0 Å². The summed E-state index contributed by atoms with van der Waals surface area (Å²) in [4.78, 5) is 16.4. The Morgan fingerprint density at radius 2 is 2.03 bits per heavy atom. The molecular formula is C20H25N5O2S2. The molecule has 3 aromatic rings. The Kier molecular flexibility index (Phi) is 7.27. The van der Waals surface area contributed by atoms with Gasteiger partial charge in [-0.2, -0.15) is 0 Å². The monoisotopic (exact) mass is 431 g/mol. The van der Waals surface area contributed by atoms with Crippen molar-refractivity contribution in [2.45, 2.75) is 51.9 Å². The quantitative estimate of drug-likeness (QED) is 0.503. The van der Waals surface area contributed by atoms with Crippen LogP contribution < -0.4 is 10.1 Å². The molecule has 0 aliphatic heterocycles. The second kappa shape index (κ2) is 9.89. The van der Waals surface area contributed by atoms with Crippen molar-refractivity contribution in [2.75, 3.05) is 11.1 Å². The maximum Gasteiger partial charge on any atom is 0.236 e. The van der Waals surface area contributed by atoms with Gasteiger partial charge in [-0.1, -0.05) is 30.8 Å². The number of anilines is 1. The summed E-state index contributed by atoms with van der Waals surface area (Å²) in [6, 6.07) is 8.08. The number of rotatable bonds is 9. The number of aryl methyl sites for hydroxylation is 2. The van der Waals surface area contributed by atoms with E-state index in [4.69, 9.17) is 4.74 Å². The fourth-order valence-corrected chi connectivity index (χ4v) is 4.28. The number of amides is 1. The Morgan fingerprint density at radius 3 is 2.66 bits per heavy atom. The van der Waals surface area contributed by atoms with Gasteiger partial charge in [0.15, 0.2) is 22.2 Å². The first-order valence-electron chi connectivity index (χ1n) is 9.53. The second-order valence-corrected chi connectivity index (χ2v) is 8.27. The minimum Gasteiger partial charge on any atom is -0.483 e. The molecule has 1 unspecified atom stereocenters. The van der Waals surface area contributed by atoms with Gasteiger partial charge in [-0.05, 0) is 44.9 Å². The van der Waals surface area contributed by atoms with E-state index < -0.39 is 0 Å². The highest BCUT2D eigenvalue weighted by atomic mass is 32.2. The molecule has 154 valence electrons. The number of nitrogens with zero attached hydrogens (tertiary/aromatic N) is 4. The average Bonchev–Trinajstić information content (AvgIpc) is 3.32. The number of thioether (sulfide) groups is 1. The Bertz CT molecular complexity index is 952. The van der Waals surface area contributed by atoms with E-state index in [1.807, 2.05) is 42.9 Å². The number of aromatic nitrogens is 4. The van der Waals surface area contributed by atoms with Crippen LogP contribution >= 0.6 is 23.1 Å². The summed E-state index contributed by atoms with van der Waals surface area (Å²) >= 11 is 2.77. The molecule has 0 fully saturated rings. The number of carbonyl (C=O) groups excluding carboxylic acids is 1. The Hall–Kier alpha value is -2.39. The third-order valence-electron chi connectivity index (χ3n) is 4.27. The number of carbonyl (C=O) groups is 1. The Balaban J connectivity index is 1.61. The van der Waals surface area contributed by atoms with Crippen LogP contribution in [0.1, 0.15) is 44.0 Å². The van der Waals surface area contributed by atoms with Crippen molar-refractivity contribution in [3.63, 3.8) is 0 Å². The number of benzene rings is 1. The third kappa shape index (κ3) is 5.57. The topological polar surface area (TPSA) is 81.9 Å². The lowest BCUT2D eigenvalue weighted by Gasteiger charge is -2.15. The predicted molar refractivity (Wildman–Crippen MR) is 117 cm³/mol. The molecule has 1 N–H and O–H groups in total. The normalized spacial score (nSPS) is 12.0. The molecule has 0 radical (unpaired) electrons. The fraction of sp³-hybridized carbons (Fsp3) is 0.400. The summed E-state index contributed by atoms with van der Waals surface area (Å²) in [6.07, 6.45) is 0.743. The van der Waals surface area contributed by atoms with Gasteiger partial charge in [0, 0.05) is 11.9 Å². The van der Waals surface area contributed by atoms with E-state index >= 15 is 0 Å². The molecule has 0 saturated carbocycles. The van der Waals surface area contributed by atoms with E-state index in [2.05, 4.69) is 39.6 Å². The second-order valence-electron chi connectivity index (χ2n) is 6.47. The minimum absolute atomic E-state index is 0.114. The molecule has 0 bridgehead atoms. The van der Waals surface area contributed by atoms with Crippen LogP contribution in [0.5, 0.6) is 5.75 Å². The van der Waals surface area contributed by atoms with Crippen LogP contribution in [0.3, 0.4) is 0 Å². The number of hydrogen-bond donors (Lipinski definition) is 1. The summed E-state index contributed by atoms with van der Waals surface area (Å²) in [5.74, 6) is 1.67. The van der Waals surface area contributed by atoms with E-state index in [-0.39, 0.29) is 17.8 Å². The predicted octanol–water partition coefficient (Wildman–Crippen LogP) is 4.50. The Labute approximate surface area is 178 Å². The molecule has 2 heterocycles. The van der Waals surface area contributed by atoms with Crippen molar-refractivity contribution < 1.29 is 9.53 Å². The molecule has 9 heteroatoms. The van der Waals surface area contributed by atoms with Gasteiger partial charge in [-0.25, -0.2) is 4.98 Å². The summed E-state index contributed by atoms with van der Waals surface area (Å²) < 4.78 is 8.03. The average molecular weight is 432 g/mol. The van der Waals surface area contributed by atoms with E-state index in [9.17, 15) is 4.79 Å². The largest absolute Gasteiger partial charge is 0.483 e. The van der Waals surface area contributed by atoms with Gasteiger partial charge < -0.3 is 14.6 Å². The zero-order chi connectivity index (χ0) is 20.8. The van der Waals surface area contributed by atoms with Crippen molar-refractivity contribution in [1.82, 2.24) is 19.7 Å². The first kappa shape index (κ1) is 21.3. The highest BCUT2D eigenvalue weighted by Gasteiger charge is 2.19. The van der Waals surface area contributed by atoms with Crippen LogP contribution in [-0.2, 0) is 17.8 Å². The first-order valence-corrected chi connectivity index (χ1v) is 11.4. The zero-order valence-corrected chi connectivity index (χ0v) is 18.6. The van der Waals surface area contributed by atoms with Crippen LogP contribution in [0.4, 0.5) is 5.13 Å². The highest BCUT2D eigenvalue weighted by molar-refractivity contribution is 7.99. The molecule has 7 nitrogen and oxygen atoms in total. The van der Waals surface area contributed by atoms with E-state index in [0.717, 1.165) is 23.7 Å². The van der Waals surface area contributed by atoms with Crippen molar-refractivity contribution >= 4 is 34.1 Å². The molecule has 1 aromatic carbocycles. The van der Waals surface area contributed by atoms with Crippen molar-refractivity contribution in [1.29, 1.82) is 0 Å². The molecule has 1 atom stereocenters. The third-order valence-corrected chi connectivity index (χ3v) is 6.11. The van der Waals surface area contributed by atoms with Gasteiger partial charge >= 0.3 is 0 Å². The molecular weight excluding hydrogens is 406 g/mol. The number of hydrogen-bond acceptors (Lipinski definition) is 7. The van der Waals surface area contributed by atoms with Gasteiger partial charge in [0.05, 0.1) is 11.4 Å². The van der Waals surface area contributed by atoms with E-state index in [1.54, 1.807) is 0 Å². The highest BCUT2D eigenvalue weighted by Crippen LogP contribution is 2.25. The lowest BCUT2D eigenvalue weighted by atomic mass is 10.2. The Morgan fingerprint density at radius 1 is 1.28 bits per heavy atom. The first-order chi connectivity index (χ1) is 14.0. The molecule has 0 saturated heterocycles. The van der Waals surface area contributed by atoms with Gasteiger partial charge in [0.1, 0.15) is 5.75 Å². The standard InChI is InChI=1S/C20H25N5O2S2/c1-5-15-7-9-16(10-8-15)27-14(4)18-23-24-20(25(18)6-2)29-12-17(26)22-19-21-13(3)11-28-19/h7-11,14H,5-6,12H2,1-4H3,(H,21,22,26). The van der Waals surface area contributed by atoms with E-state index in [0.29, 0.717) is 16.8 Å².